The molecule has 2 aliphatic rings. The summed E-state index contributed by atoms with van der Waals surface area (Å²) in [5, 5.41) is 9.74. The Morgan fingerprint density at radius 3 is 1.67 bits per heavy atom. The lowest BCUT2D eigenvalue weighted by Crippen LogP contribution is -2.49. The number of nitrogens with zero attached hydrogens (tertiary/aromatic N) is 2. The highest BCUT2D eigenvalue weighted by molar-refractivity contribution is 5.97. The van der Waals surface area contributed by atoms with Crippen LogP contribution in [0.1, 0.15) is 12.8 Å². The molecule has 0 atom stereocenters. The van der Waals surface area contributed by atoms with E-state index >= 15 is 0 Å². The topological polar surface area (TPSA) is 123 Å². The molecule has 10 nitrogen and oxygen atoms in total. The number of rotatable bonds is 6. The van der Waals surface area contributed by atoms with Gasteiger partial charge in [-0.05, 0) is 18.9 Å². The molecule has 0 unspecified atom stereocenters. The molecule has 6 amide bonds. The molecule has 1 aromatic carbocycles. The number of benzene rings is 1. The van der Waals surface area contributed by atoms with Crippen molar-refractivity contribution < 1.29 is 28.0 Å². The summed E-state index contributed by atoms with van der Waals surface area (Å²) in [4.78, 5) is 50.2. The zero-order chi connectivity index (χ0) is 21.7. The number of hydrogen-bond donors (Lipinski definition) is 4. The summed E-state index contributed by atoms with van der Waals surface area (Å²) in [7, 11) is 0. The van der Waals surface area contributed by atoms with Crippen LogP contribution >= 0.6 is 0 Å². The van der Waals surface area contributed by atoms with E-state index in [1.54, 1.807) is 0 Å². The predicted octanol–water partition coefficient (Wildman–Crippen LogP) is 0.672. The zero-order valence-electron chi connectivity index (χ0n) is 16.1. The molecule has 2 fully saturated rings. The molecule has 4 N–H and O–H groups in total. The van der Waals surface area contributed by atoms with Crippen molar-refractivity contribution in [3.8, 4) is 0 Å². The minimum Gasteiger partial charge on any atom is -0.338 e. The molecule has 2 saturated heterocycles. The molecule has 0 radical (unpaired) electrons. The summed E-state index contributed by atoms with van der Waals surface area (Å²) < 4.78 is 28.2. The Balaban J connectivity index is 1.63. The van der Waals surface area contributed by atoms with Crippen LogP contribution in [0.2, 0.25) is 0 Å². The maximum atomic E-state index is 14.1. The third kappa shape index (κ3) is 5.33. The van der Waals surface area contributed by atoms with Crippen LogP contribution in [0.4, 0.5) is 29.7 Å². The first-order chi connectivity index (χ1) is 14.3. The van der Waals surface area contributed by atoms with Crippen molar-refractivity contribution in [1.29, 1.82) is 0 Å². The van der Waals surface area contributed by atoms with Gasteiger partial charge in [0.15, 0.2) is 0 Å². The minimum absolute atomic E-state index is 0.297. The molecular weight excluding hydrogens is 402 g/mol. The van der Waals surface area contributed by atoms with Crippen LogP contribution in [0.3, 0.4) is 0 Å². The van der Waals surface area contributed by atoms with Crippen molar-refractivity contribution >= 4 is 35.3 Å². The number of hydrogen-bond acceptors (Lipinski definition) is 4. The standard InChI is InChI=1S/C18H22F2N6O4/c19-11-7-12(20)14(24-16(28)10-26-6-2-4-22-18(26)30)8-13(11)23-15(27)9-25-5-1-3-21-17(25)29/h7-8H,1-6,9-10H2,(H,21,29)(H,22,30)(H,23,27)(H,24,28). The van der Waals surface area contributed by atoms with Crippen molar-refractivity contribution in [3.63, 3.8) is 0 Å². The Morgan fingerprint density at radius 2 is 1.27 bits per heavy atom. The van der Waals surface area contributed by atoms with Gasteiger partial charge in [-0.2, -0.15) is 0 Å². The first kappa shape index (κ1) is 21.3. The van der Waals surface area contributed by atoms with E-state index in [9.17, 15) is 28.0 Å². The molecule has 0 bridgehead atoms. The minimum atomic E-state index is -1.03. The van der Waals surface area contributed by atoms with Crippen LogP contribution < -0.4 is 21.3 Å². The van der Waals surface area contributed by atoms with Crippen LogP contribution in [0, 0.1) is 11.6 Å². The molecule has 30 heavy (non-hydrogen) atoms. The van der Waals surface area contributed by atoms with Crippen LogP contribution in [-0.2, 0) is 9.59 Å². The van der Waals surface area contributed by atoms with Crippen molar-refractivity contribution in [1.82, 2.24) is 20.4 Å². The Bertz CT molecular complexity index is 800. The third-order valence-electron chi connectivity index (χ3n) is 4.61. The number of halogens is 2. The average molecular weight is 424 g/mol. The lowest BCUT2D eigenvalue weighted by Gasteiger charge is -2.27. The number of nitrogens with one attached hydrogen (secondary N) is 4. The van der Waals surface area contributed by atoms with E-state index in [0.717, 1.165) is 6.07 Å². The fraction of sp³-hybridized carbons (Fsp3) is 0.444. The van der Waals surface area contributed by atoms with Gasteiger partial charge in [0.1, 0.15) is 24.7 Å². The Labute approximate surface area is 170 Å². The van der Waals surface area contributed by atoms with Gasteiger partial charge in [0.2, 0.25) is 11.8 Å². The number of amides is 6. The van der Waals surface area contributed by atoms with E-state index in [1.807, 2.05) is 0 Å². The predicted molar refractivity (Wildman–Crippen MR) is 103 cm³/mol. The highest BCUT2D eigenvalue weighted by Crippen LogP contribution is 2.23. The second kappa shape index (κ2) is 9.37. The van der Waals surface area contributed by atoms with Crippen molar-refractivity contribution in [3.05, 3.63) is 23.8 Å². The molecule has 0 aromatic heterocycles. The normalized spacial score (nSPS) is 16.6. The largest absolute Gasteiger partial charge is 0.338 e. The van der Waals surface area contributed by atoms with Crippen molar-refractivity contribution in [2.45, 2.75) is 12.8 Å². The number of carbonyl (C=O) groups excluding carboxylic acids is 4. The molecule has 162 valence electrons. The average Bonchev–Trinajstić information content (AvgIpc) is 2.69. The summed E-state index contributed by atoms with van der Waals surface area (Å²) >= 11 is 0. The first-order valence-electron chi connectivity index (χ1n) is 9.48. The summed E-state index contributed by atoms with van der Waals surface area (Å²) in [5.74, 6) is -3.39. The monoisotopic (exact) mass is 424 g/mol. The molecule has 0 spiro atoms. The summed E-state index contributed by atoms with van der Waals surface area (Å²) in [6, 6.07) is 0.691. The third-order valence-corrected chi connectivity index (χ3v) is 4.61. The molecule has 2 aliphatic heterocycles. The van der Waals surface area contributed by atoms with Gasteiger partial charge in [0.05, 0.1) is 11.4 Å². The fourth-order valence-corrected chi connectivity index (χ4v) is 3.13. The second-order valence-corrected chi connectivity index (χ2v) is 6.92. The zero-order valence-corrected chi connectivity index (χ0v) is 16.1. The SMILES string of the molecule is O=C(CN1CCCNC1=O)Nc1cc(NC(=O)CN2CCCNC2=O)c(F)cc1F. The highest BCUT2D eigenvalue weighted by Gasteiger charge is 2.23. The van der Waals surface area contributed by atoms with E-state index in [-0.39, 0.29) is 24.5 Å². The maximum Gasteiger partial charge on any atom is 0.317 e. The van der Waals surface area contributed by atoms with E-state index in [0.29, 0.717) is 45.1 Å². The number of anilines is 2. The van der Waals surface area contributed by atoms with E-state index in [2.05, 4.69) is 21.3 Å². The van der Waals surface area contributed by atoms with Gasteiger partial charge < -0.3 is 31.1 Å². The van der Waals surface area contributed by atoms with Gasteiger partial charge in [-0.15, -0.1) is 0 Å². The number of urea groups is 2. The lowest BCUT2D eigenvalue weighted by molar-refractivity contribution is -0.117. The molecule has 12 heteroatoms. The highest BCUT2D eigenvalue weighted by atomic mass is 19.1. The molecule has 2 heterocycles. The van der Waals surface area contributed by atoms with Gasteiger partial charge >= 0.3 is 12.1 Å². The van der Waals surface area contributed by atoms with Crippen LogP contribution in [0.15, 0.2) is 12.1 Å². The van der Waals surface area contributed by atoms with Gasteiger partial charge in [0, 0.05) is 32.2 Å². The smallest absolute Gasteiger partial charge is 0.317 e. The quantitative estimate of drug-likeness (QED) is 0.536. The fourth-order valence-electron chi connectivity index (χ4n) is 3.13. The molecule has 0 saturated carbocycles. The van der Waals surface area contributed by atoms with Gasteiger partial charge in [-0.3, -0.25) is 9.59 Å². The summed E-state index contributed by atoms with van der Waals surface area (Å²) in [5.41, 5.74) is -0.685. The van der Waals surface area contributed by atoms with Crippen LogP contribution in [0.25, 0.3) is 0 Å². The Hall–Kier alpha value is -3.44. The Morgan fingerprint density at radius 1 is 0.833 bits per heavy atom. The Kier molecular flexibility index (Phi) is 6.65. The van der Waals surface area contributed by atoms with Crippen LogP contribution in [0.5, 0.6) is 0 Å². The van der Waals surface area contributed by atoms with Gasteiger partial charge in [0.25, 0.3) is 0 Å². The van der Waals surface area contributed by atoms with Crippen molar-refractivity contribution in [2.75, 3.05) is 49.9 Å². The van der Waals surface area contributed by atoms with Crippen LogP contribution in [-0.4, -0.2) is 72.9 Å². The maximum absolute atomic E-state index is 14.1. The van der Waals surface area contributed by atoms with E-state index in [4.69, 9.17) is 0 Å². The second-order valence-electron chi connectivity index (χ2n) is 6.92. The van der Waals surface area contributed by atoms with E-state index < -0.39 is 35.5 Å². The number of carbonyl (C=O) groups is 4. The van der Waals surface area contributed by atoms with E-state index in [1.165, 1.54) is 9.80 Å². The van der Waals surface area contributed by atoms with Crippen molar-refractivity contribution in [2.24, 2.45) is 0 Å². The molecule has 0 aliphatic carbocycles. The molecule has 3 rings (SSSR count). The molecular formula is C18H22F2N6O4. The first-order valence-corrected chi connectivity index (χ1v) is 9.48. The summed E-state index contributed by atoms with van der Waals surface area (Å²) in [6.45, 7) is 1.22. The van der Waals surface area contributed by atoms with Gasteiger partial charge in [-0.25, -0.2) is 18.4 Å². The summed E-state index contributed by atoms with van der Waals surface area (Å²) in [6.07, 6.45) is 1.35. The van der Waals surface area contributed by atoms with Gasteiger partial charge in [-0.1, -0.05) is 0 Å². The molecule has 1 aromatic rings. The lowest BCUT2D eigenvalue weighted by atomic mass is 10.2.